The number of aromatic nitrogens is 2. The van der Waals surface area contributed by atoms with Gasteiger partial charge in [-0.1, -0.05) is 0 Å². The predicted molar refractivity (Wildman–Crippen MR) is 67.9 cm³/mol. The van der Waals surface area contributed by atoms with E-state index in [1.807, 2.05) is 17.9 Å². The van der Waals surface area contributed by atoms with E-state index in [4.69, 9.17) is 4.74 Å². The molecule has 4 heteroatoms. The van der Waals surface area contributed by atoms with E-state index in [9.17, 15) is 0 Å². The third kappa shape index (κ3) is 3.54. The molecular weight excluding hydrogens is 214 g/mol. The van der Waals surface area contributed by atoms with Crippen molar-refractivity contribution >= 4 is 0 Å². The first-order valence-corrected chi connectivity index (χ1v) is 6.51. The second-order valence-corrected chi connectivity index (χ2v) is 5.08. The van der Waals surface area contributed by atoms with Crippen LogP contribution in [0.1, 0.15) is 32.4 Å². The van der Waals surface area contributed by atoms with E-state index < -0.39 is 0 Å². The Morgan fingerprint density at radius 2 is 2.12 bits per heavy atom. The van der Waals surface area contributed by atoms with Crippen molar-refractivity contribution in [1.29, 1.82) is 0 Å². The van der Waals surface area contributed by atoms with Gasteiger partial charge in [0.1, 0.15) is 0 Å². The van der Waals surface area contributed by atoms with Crippen LogP contribution in [0.3, 0.4) is 0 Å². The zero-order valence-electron chi connectivity index (χ0n) is 11.0. The molecule has 0 saturated carbocycles. The Bertz CT molecular complexity index is 340. The summed E-state index contributed by atoms with van der Waals surface area (Å²) in [7, 11) is 1.99. The molecule has 2 heterocycles. The molecule has 0 aliphatic carbocycles. The van der Waals surface area contributed by atoms with Gasteiger partial charge in [0, 0.05) is 37.9 Å². The second kappa shape index (κ2) is 5.65. The van der Waals surface area contributed by atoms with Gasteiger partial charge >= 0.3 is 0 Å². The first-order valence-electron chi connectivity index (χ1n) is 6.51. The molecule has 0 spiro atoms. The highest BCUT2D eigenvalue weighted by Crippen LogP contribution is 2.18. The van der Waals surface area contributed by atoms with Crippen LogP contribution in [0.4, 0.5) is 0 Å². The molecule has 96 valence electrons. The van der Waals surface area contributed by atoms with Gasteiger partial charge in [-0.25, -0.2) is 0 Å². The Kier molecular flexibility index (Phi) is 4.18. The topological polar surface area (TPSA) is 39.1 Å². The van der Waals surface area contributed by atoms with Gasteiger partial charge in [0.2, 0.25) is 0 Å². The quantitative estimate of drug-likeness (QED) is 0.862. The Morgan fingerprint density at radius 3 is 2.71 bits per heavy atom. The third-order valence-electron chi connectivity index (χ3n) is 3.43. The van der Waals surface area contributed by atoms with Gasteiger partial charge in [-0.2, -0.15) is 5.10 Å². The summed E-state index contributed by atoms with van der Waals surface area (Å²) < 4.78 is 7.67. The van der Waals surface area contributed by atoms with E-state index in [0.29, 0.717) is 18.2 Å². The fraction of sp³-hybridized carbons (Fsp3) is 0.769. The number of rotatable bonds is 4. The van der Waals surface area contributed by atoms with Gasteiger partial charge in [0.15, 0.2) is 0 Å². The number of ether oxygens (including phenoxy) is 1. The van der Waals surface area contributed by atoms with Crippen molar-refractivity contribution in [2.45, 2.75) is 51.4 Å². The number of hydrogen-bond donors (Lipinski definition) is 1. The molecule has 2 atom stereocenters. The van der Waals surface area contributed by atoms with Crippen LogP contribution in [0.5, 0.6) is 0 Å². The average Bonchev–Trinajstić information content (AvgIpc) is 2.63. The van der Waals surface area contributed by atoms with Crippen LogP contribution in [0.15, 0.2) is 12.3 Å². The lowest BCUT2D eigenvalue weighted by Crippen LogP contribution is -2.42. The van der Waals surface area contributed by atoms with Crippen LogP contribution in [0.2, 0.25) is 0 Å². The highest BCUT2D eigenvalue weighted by molar-refractivity contribution is 5.00. The van der Waals surface area contributed by atoms with E-state index in [-0.39, 0.29) is 0 Å². The summed E-state index contributed by atoms with van der Waals surface area (Å²) in [5, 5.41) is 7.80. The maximum atomic E-state index is 5.73. The molecule has 1 fully saturated rings. The third-order valence-corrected chi connectivity index (χ3v) is 3.43. The van der Waals surface area contributed by atoms with Crippen molar-refractivity contribution in [3.8, 4) is 0 Å². The molecule has 2 unspecified atom stereocenters. The van der Waals surface area contributed by atoms with Crippen LogP contribution in [0.25, 0.3) is 0 Å². The molecule has 1 saturated heterocycles. The maximum Gasteiger partial charge on any atom is 0.0565 e. The van der Waals surface area contributed by atoms with Crippen LogP contribution in [-0.2, 0) is 18.2 Å². The Labute approximate surface area is 103 Å². The molecule has 1 aromatic rings. The molecule has 2 rings (SSSR count). The zero-order chi connectivity index (χ0) is 12.3. The van der Waals surface area contributed by atoms with Crippen molar-refractivity contribution < 1.29 is 4.74 Å². The minimum absolute atomic E-state index is 0.382. The zero-order valence-corrected chi connectivity index (χ0v) is 11.0. The normalized spacial score (nSPS) is 29.5. The van der Waals surface area contributed by atoms with Gasteiger partial charge in [-0.05, 0) is 32.8 Å². The lowest BCUT2D eigenvalue weighted by atomic mass is 10.00. The van der Waals surface area contributed by atoms with Gasteiger partial charge in [-0.3, -0.25) is 4.68 Å². The van der Waals surface area contributed by atoms with Crippen LogP contribution >= 0.6 is 0 Å². The highest BCUT2D eigenvalue weighted by Gasteiger charge is 2.23. The van der Waals surface area contributed by atoms with Crippen LogP contribution in [0, 0.1) is 0 Å². The molecule has 0 aromatic carbocycles. The standard InChI is InChI=1S/C13H23N3O/c1-10-8-12(9-11(2)17-10)14-6-4-13-5-7-15-16(13)3/h5,7,10-12,14H,4,6,8-9H2,1-3H3. The van der Waals surface area contributed by atoms with E-state index in [2.05, 4.69) is 30.3 Å². The minimum atomic E-state index is 0.382. The smallest absolute Gasteiger partial charge is 0.0565 e. The maximum absolute atomic E-state index is 5.73. The lowest BCUT2D eigenvalue weighted by molar-refractivity contribution is -0.0419. The molecule has 1 aromatic heterocycles. The summed E-state index contributed by atoms with van der Waals surface area (Å²) in [4.78, 5) is 0. The lowest BCUT2D eigenvalue weighted by Gasteiger charge is -2.32. The summed E-state index contributed by atoms with van der Waals surface area (Å²) in [6, 6.07) is 2.68. The molecule has 1 aliphatic rings. The number of nitrogens with zero attached hydrogens (tertiary/aromatic N) is 2. The van der Waals surface area contributed by atoms with Gasteiger partial charge < -0.3 is 10.1 Å². The first-order chi connectivity index (χ1) is 8.15. The van der Waals surface area contributed by atoms with Crippen molar-refractivity contribution in [3.05, 3.63) is 18.0 Å². The summed E-state index contributed by atoms with van der Waals surface area (Å²) >= 11 is 0. The fourth-order valence-corrected chi connectivity index (χ4v) is 2.62. The fourth-order valence-electron chi connectivity index (χ4n) is 2.62. The molecule has 4 nitrogen and oxygen atoms in total. The molecule has 1 N–H and O–H groups in total. The van der Waals surface area contributed by atoms with E-state index in [1.165, 1.54) is 5.69 Å². The van der Waals surface area contributed by atoms with E-state index in [0.717, 1.165) is 25.8 Å². The van der Waals surface area contributed by atoms with Crippen molar-refractivity contribution in [3.63, 3.8) is 0 Å². The van der Waals surface area contributed by atoms with Crippen molar-refractivity contribution in [2.24, 2.45) is 7.05 Å². The van der Waals surface area contributed by atoms with Gasteiger partial charge in [0.25, 0.3) is 0 Å². The largest absolute Gasteiger partial charge is 0.375 e. The number of hydrogen-bond acceptors (Lipinski definition) is 3. The minimum Gasteiger partial charge on any atom is -0.375 e. The monoisotopic (exact) mass is 237 g/mol. The van der Waals surface area contributed by atoms with E-state index in [1.54, 1.807) is 0 Å². The Morgan fingerprint density at radius 1 is 1.41 bits per heavy atom. The summed E-state index contributed by atoms with van der Waals surface area (Å²) in [5.41, 5.74) is 1.28. The summed E-state index contributed by atoms with van der Waals surface area (Å²) in [5.74, 6) is 0. The van der Waals surface area contributed by atoms with Crippen molar-refractivity contribution in [2.75, 3.05) is 6.54 Å². The predicted octanol–water partition coefficient (Wildman–Crippen LogP) is 1.51. The molecule has 1 aliphatic heterocycles. The Hall–Kier alpha value is -0.870. The Balaban J connectivity index is 1.73. The van der Waals surface area contributed by atoms with Gasteiger partial charge in [0.05, 0.1) is 12.2 Å². The summed E-state index contributed by atoms with van der Waals surface area (Å²) in [6.45, 7) is 5.33. The van der Waals surface area contributed by atoms with Crippen LogP contribution in [-0.4, -0.2) is 34.6 Å². The SMILES string of the molecule is CC1CC(NCCc2ccnn2C)CC(C)O1. The van der Waals surface area contributed by atoms with Crippen LogP contribution < -0.4 is 5.32 Å². The molecule has 0 bridgehead atoms. The summed E-state index contributed by atoms with van der Waals surface area (Å²) in [6.07, 6.45) is 5.90. The van der Waals surface area contributed by atoms with Crippen molar-refractivity contribution in [1.82, 2.24) is 15.1 Å². The molecule has 0 radical (unpaired) electrons. The first kappa shape index (κ1) is 12.6. The highest BCUT2D eigenvalue weighted by atomic mass is 16.5. The second-order valence-electron chi connectivity index (χ2n) is 5.08. The molecule has 0 amide bonds. The number of nitrogens with one attached hydrogen (secondary N) is 1. The van der Waals surface area contributed by atoms with E-state index >= 15 is 0 Å². The average molecular weight is 237 g/mol. The van der Waals surface area contributed by atoms with Gasteiger partial charge in [-0.15, -0.1) is 0 Å². The molecular formula is C13H23N3O. The molecule has 17 heavy (non-hydrogen) atoms. The number of aryl methyl sites for hydroxylation is 1.